The molecule has 8 rings (SSSR count). The number of carbonyl (C=O) groups is 1. The van der Waals surface area contributed by atoms with Crippen LogP contribution in [0.5, 0.6) is 0 Å². The van der Waals surface area contributed by atoms with E-state index in [4.69, 9.17) is 9.47 Å². The molecule has 4 heterocycles. The zero-order valence-corrected chi connectivity index (χ0v) is 35.2. The number of benzene rings is 4. The van der Waals surface area contributed by atoms with E-state index in [1.54, 1.807) is 70.5 Å². The second-order valence-corrected chi connectivity index (χ2v) is 16.1. The van der Waals surface area contributed by atoms with E-state index >= 15 is 31.1 Å². The first-order chi connectivity index (χ1) is 30.6. The third kappa shape index (κ3) is 9.03. The van der Waals surface area contributed by atoms with Crippen LogP contribution >= 0.6 is 0 Å². The number of alkyl halides is 6. The van der Waals surface area contributed by atoms with Gasteiger partial charge in [0.15, 0.2) is 5.78 Å². The summed E-state index contributed by atoms with van der Waals surface area (Å²) in [5, 5.41) is 0. The third-order valence-corrected chi connectivity index (χ3v) is 12.1. The summed E-state index contributed by atoms with van der Waals surface area (Å²) in [6.07, 6.45) is -9.90. The predicted molar refractivity (Wildman–Crippen MR) is 225 cm³/mol. The Morgan fingerprint density at radius 2 is 0.859 bits per heavy atom. The van der Waals surface area contributed by atoms with Crippen LogP contribution in [0, 0.1) is 25.5 Å². The molecule has 4 aromatic carbocycles. The van der Waals surface area contributed by atoms with Crippen molar-refractivity contribution in [1.82, 2.24) is 18.9 Å². The van der Waals surface area contributed by atoms with E-state index in [1.165, 1.54) is 38.1 Å². The summed E-state index contributed by atoms with van der Waals surface area (Å²) >= 11 is 0. The molecule has 2 aliphatic heterocycles. The Bertz CT molecular complexity index is 2380. The lowest BCUT2D eigenvalue weighted by atomic mass is 9.88. The van der Waals surface area contributed by atoms with E-state index in [9.17, 15) is 8.78 Å². The standard InChI is InChI=1S/C49H46F8N4O3/c1-31-39(35-13-17-37(50)18-14-35)41(60(46(31)48(52,53)54)29-33-9-5-3-6-10-33)43(58-21-25-63-26-22-58)45(62)44(59-23-27-64-28-24-59)42-40(36-15-19-38(51)20-16-36)32(2)47(49(55,56)57)61(42)30-34-11-7-4-8-12-34/h3-20,43-44H,21-30H2,1-2H3. The van der Waals surface area contributed by atoms with Crippen LogP contribution in [0.2, 0.25) is 0 Å². The minimum Gasteiger partial charge on any atom is -0.379 e. The summed E-state index contributed by atoms with van der Waals surface area (Å²) in [6.45, 7) is 2.82. The molecule has 0 saturated carbocycles. The fourth-order valence-electron chi connectivity index (χ4n) is 9.46. The molecule has 2 aliphatic rings. The van der Waals surface area contributed by atoms with Crippen molar-refractivity contribution in [3.8, 4) is 22.3 Å². The van der Waals surface area contributed by atoms with Crippen LogP contribution in [0.15, 0.2) is 109 Å². The van der Waals surface area contributed by atoms with Gasteiger partial charge in [0, 0.05) is 50.4 Å². The molecule has 0 radical (unpaired) electrons. The van der Waals surface area contributed by atoms with Crippen LogP contribution in [-0.4, -0.2) is 77.3 Å². The van der Waals surface area contributed by atoms with Gasteiger partial charge in [-0.25, -0.2) is 8.78 Å². The summed E-state index contributed by atoms with van der Waals surface area (Å²) in [5.41, 5.74) is -0.984. The Morgan fingerprint density at radius 1 is 0.531 bits per heavy atom. The maximum atomic E-state index is 16.6. The molecule has 0 aliphatic carbocycles. The van der Waals surface area contributed by atoms with Gasteiger partial charge < -0.3 is 18.6 Å². The number of morpholine rings is 2. The highest BCUT2D eigenvalue weighted by molar-refractivity contribution is 5.95. The minimum absolute atomic E-state index is 0.0392. The first-order valence-electron chi connectivity index (χ1n) is 21.0. The number of aromatic nitrogens is 2. The molecular weight excluding hydrogens is 845 g/mol. The predicted octanol–water partition coefficient (Wildman–Crippen LogP) is 10.7. The summed E-state index contributed by atoms with van der Waals surface area (Å²) in [6, 6.07) is 23.9. The Morgan fingerprint density at radius 3 is 1.17 bits per heavy atom. The topological polar surface area (TPSA) is 51.9 Å². The quantitative estimate of drug-likeness (QED) is 0.115. The Hall–Kier alpha value is -5.61. The summed E-state index contributed by atoms with van der Waals surface area (Å²) in [5.74, 6) is -1.94. The van der Waals surface area contributed by atoms with Crippen molar-refractivity contribution < 1.29 is 49.4 Å². The van der Waals surface area contributed by atoms with Crippen LogP contribution in [-0.2, 0) is 39.7 Å². The van der Waals surface area contributed by atoms with E-state index in [0.717, 1.165) is 33.4 Å². The van der Waals surface area contributed by atoms with E-state index < -0.39 is 53.2 Å². The van der Waals surface area contributed by atoms with Crippen molar-refractivity contribution >= 4 is 5.78 Å². The fourth-order valence-corrected chi connectivity index (χ4v) is 9.46. The van der Waals surface area contributed by atoms with Crippen molar-refractivity contribution in [2.45, 2.75) is 51.4 Å². The number of halogens is 8. The van der Waals surface area contributed by atoms with Crippen molar-refractivity contribution in [1.29, 1.82) is 0 Å². The van der Waals surface area contributed by atoms with Crippen molar-refractivity contribution in [3.05, 3.63) is 166 Å². The summed E-state index contributed by atoms with van der Waals surface area (Å²) < 4.78 is 137. The van der Waals surface area contributed by atoms with Gasteiger partial charge in [-0.15, -0.1) is 0 Å². The first kappa shape index (κ1) is 45.0. The molecule has 2 fully saturated rings. The first-order valence-corrected chi connectivity index (χ1v) is 21.0. The largest absolute Gasteiger partial charge is 0.431 e. The Kier molecular flexibility index (Phi) is 13.0. The van der Waals surface area contributed by atoms with Gasteiger partial charge in [0.25, 0.3) is 0 Å². The monoisotopic (exact) mass is 890 g/mol. The van der Waals surface area contributed by atoms with Gasteiger partial charge in [-0.05, 0) is 71.5 Å². The molecule has 0 spiro atoms. The molecule has 6 aromatic rings. The van der Waals surface area contributed by atoms with Crippen molar-refractivity contribution in [2.75, 3.05) is 52.6 Å². The molecule has 0 bridgehead atoms. The van der Waals surface area contributed by atoms with Gasteiger partial charge in [-0.1, -0.05) is 84.9 Å². The zero-order valence-electron chi connectivity index (χ0n) is 35.2. The molecule has 7 nitrogen and oxygen atoms in total. The smallest absolute Gasteiger partial charge is 0.379 e. The molecule has 0 N–H and O–H groups in total. The maximum absolute atomic E-state index is 16.6. The molecular formula is C49H46F8N4O3. The highest BCUT2D eigenvalue weighted by Gasteiger charge is 2.49. The van der Waals surface area contributed by atoms with E-state index in [0.29, 0.717) is 11.1 Å². The average molecular weight is 891 g/mol. The van der Waals surface area contributed by atoms with Crippen LogP contribution in [0.4, 0.5) is 35.1 Å². The van der Waals surface area contributed by atoms with Gasteiger partial charge in [0.1, 0.15) is 35.1 Å². The normalized spacial score (nSPS) is 16.5. The molecule has 336 valence electrons. The van der Waals surface area contributed by atoms with Crippen LogP contribution in [0.1, 0.15) is 57.1 Å². The lowest BCUT2D eigenvalue weighted by molar-refractivity contribution is -0.144. The minimum atomic E-state index is -4.95. The van der Waals surface area contributed by atoms with Crippen LogP contribution < -0.4 is 0 Å². The number of hydrogen-bond donors (Lipinski definition) is 0. The maximum Gasteiger partial charge on any atom is 0.431 e. The van der Waals surface area contributed by atoms with Crippen molar-refractivity contribution in [3.63, 3.8) is 0 Å². The number of ketones is 1. The highest BCUT2D eigenvalue weighted by atomic mass is 19.4. The third-order valence-electron chi connectivity index (χ3n) is 12.1. The SMILES string of the molecule is Cc1c(-c2ccc(F)cc2)c(C(C(=O)C(c2c(-c3ccc(F)cc3)c(C)c(C(F)(F)F)n2Cc2ccccc2)N2CCOCC2)N2CCOCC2)n(Cc2ccccc2)c1C(F)(F)F. The van der Waals surface area contributed by atoms with Crippen LogP contribution in [0.25, 0.3) is 22.3 Å². The molecule has 64 heavy (non-hydrogen) atoms. The number of ether oxygens (including phenoxy) is 2. The lowest BCUT2D eigenvalue weighted by Gasteiger charge is -2.41. The molecule has 2 atom stereocenters. The summed E-state index contributed by atoms with van der Waals surface area (Å²) in [7, 11) is 0. The molecule has 15 heteroatoms. The Balaban J connectivity index is 1.48. The average Bonchev–Trinajstić information content (AvgIpc) is 3.72. The van der Waals surface area contributed by atoms with Crippen LogP contribution in [0.3, 0.4) is 0 Å². The van der Waals surface area contributed by atoms with Gasteiger partial charge in [-0.3, -0.25) is 14.6 Å². The number of rotatable bonds is 12. The summed E-state index contributed by atoms with van der Waals surface area (Å²) in [4.78, 5) is 20.1. The molecule has 0 amide bonds. The zero-order chi connectivity index (χ0) is 45.3. The second kappa shape index (κ2) is 18.5. The van der Waals surface area contributed by atoms with Gasteiger partial charge >= 0.3 is 12.4 Å². The highest BCUT2D eigenvalue weighted by Crippen LogP contribution is 2.49. The fraction of sp³-hybridized carbons (Fsp3) is 0.327. The molecule has 2 saturated heterocycles. The molecule has 2 aromatic heterocycles. The lowest BCUT2D eigenvalue weighted by Crippen LogP contribution is -2.49. The van der Waals surface area contributed by atoms with Gasteiger partial charge in [0.05, 0.1) is 37.8 Å². The van der Waals surface area contributed by atoms with Gasteiger partial charge in [-0.2, -0.15) is 26.3 Å². The van der Waals surface area contributed by atoms with E-state index in [-0.39, 0.29) is 110 Å². The number of carbonyl (C=O) groups excluding carboxylic acids is 1. The second-order valence-electron chi connectivity index (χ2n) is 16.1. The van der Waals surface area contributed by atoms with E-state index in [2.05, 4.69) is 0 Å². The number of hydrogen-bond acceptors (Lipinski definition) is 5. The Labute approximate surface area is 365 Å². The van der Waals surface area contributed by atoms with Crippen molar-refractivity contribution in [2.24, 2.45) is 0 Å². The van der Waals surface area contributed by atoms with Gasteiger partial charge in [0.2, 0.25) is 0 Å². The number of Topliss-reactive ketones (excluding diaryl/α,β-unsaturated/α-hetero) is 1. The number of nitrogens with zero attached hydrogens (tertiary/aromatic N) is 4. The molecule has 2 unspecified atom stereocenters. The van der Waals surface area contributed by atoms with E-state index in [1.807, 2.05) is 0 Å².